The predicted molar refractivity (Wildman–Crippen MR) is 152 cm³/mol. The fourth-order valence-electron chi connectivity index (χ4n) is 7.07. The van der Waals surface area contributed by atoms with Gasteiger partial charge < -0.3 is 16.0 Å². The number of benzene rings is 1. The summed E-state index contributed by atoms with van der Waals surface area (Å²) in [5.41, 5.74) is -3.04. The zero-order valence-electron chi connectivity index (χ0n) is 22.6. The zero-order chi connectivity index (χ0) is 29.0. The number of halogens is 1. The van der Waals surface area contributed by atoms with Crippen LogP contribution in [-0.2, 0) is 24.8 Å². The zero-order valence-corrected chi connectivity index (χ0v) is 25.0. The molecule has 4 heterocycles. The predicted octanol–water partition coefficient (Wildman–Crippen LogP) is 1.41. The number of piperidine rings is 1. The molecule has 5 atom stereocenters. The number of hydrogen-bond acceptors (Lipinski definition) is 11. The molecule has 4 fully saturated rings. The summed E-state index contributed by atoms with van der Waals surface area (Å²) in [5.74, 6) is -0.966. The van der Waals surface area contributed by atoms with Crippen LogP contribution in [0.1, 0.15) is 43.9 Å². The second-order valence-corrected chi connectivity index (χ2v) is 15.0. The average molecular weight is 618 g/mol. The number of nitriles is 1. The van der Waals surface area contributed by atoms with Crippen molar-refractivity contribution in [3.63, 3.8) is 0 Å². The first-order valence-electron chi connectivity index (χ1n) is 13.9. The maximum absolute atomic E-state index is 14.9. The molecule has 4 aliphatic rings. The lowest BCUT2D eigenvalue weighted by Gasteiger charge is -2.60. The van der Waals surface area contributed by atoms with Crippen LogP contribution < -0.4 is 16.0 Å². The SMILES string of the molecule is CC1CNCCC1(c1cnns1)C1(C(=O)N(C(=O)[C@@H]2C[C@@H](S(=O)(=O)c3ccccc3Cl)CN2)C2(C#N)CC2)CCN1. The number of aromatic nitrogens is 2. The molecule has 2 amide bonds. The summed E-state index contributed by atoms with van der Waals surface area (Å²) < 4.78 is 31.0. The molecule has 3 saturated heterocycles. The van der Waals surface area contributed by atoms with E-state index in [0.29, 0.717) is 45.3 Å². The molecule has 0 bridgehead atoms. The Morgan fingerprint density at radius 3 is 2.51 bits per heavy atom. The van der Waals surface area contributed by atoms with Gasteiger partial charge in [0.15, 0.2) is 9.84 Å². The number of nitrogens with one attached hydrogen (secondary N) is 3. The van der Waals surface area contributed by atoms with E-state index < -0.39 is 49.4 Å². The fourth-order valence-corrected chi connectivity index (χ4v) is 10.2. The van der Waals surface area contributed by atoms with Gasteiger partial charge in [0.25, 0.3) is 5.91 Å². The third-order valence-corrected chi connectivity index (χ3v) is 13.1. The highest BCUT2D eigenvalue weighted by molar-refractivity contribution is 7.92. The lowest BCUT2D eigenvalue weighted by Crippen LogP contribution is -2.79. The summed E-state index contributed by atoms with van der Waals surface area (Å²) in [4.78, 5) is 31.2. The van der Waals surface area contributed by atoms with Gasteiger partial charge in [0.05, 0.1) is 38.4 Å². The van der Waals surface area contributed by atoms with Crippen molar-refractivity contribution in [2.75, 3.05) is 26.2 Å². The Bertz CT molecular complexity index is 1500. The molecule has 14 heteroatoms. The van der Waals surface area contributed by atoms with Gasteiger partial charge in [-0.1, -0.05) is 35.1 Å². The van der Waals surface area contributed by atoms with Crippen LogP contribution in [0.15, 0.2) is 35.4 Å². The van der Waals surface area contributed by atoms with E-state index in [1.165, 1.54) is 28.6 Å². The summed E-state index contributed by atoms with van der Waals surface area (Å²) >= 11 is 7.47. The first-order valence-corrected chi connectivity index (χ1v) is 16.6. The Morgan fingerprint density at radius 1 is 1.17 bits per heavy atom. The second kappa shape index (κ2) is 10.4. The summed E-state index contributed by atoms with van der Waals surface area (Å²) in [6, 6.07) is 7.56. The van der Waals surface area contributed by atoms with Crippen molar-refractivity contribution in [2.45, 2.75) is 71.7 Å². The van der Waals surface area contributed by atoms with Crippen LogP contribution in [0.3, 0.4) is 0 Å². The van der Waals surface area contributed by atoms with Gasteiger partial charge in [0.1, 0.15) is 11.1 Å². The molecule has 11 nitrogen and oxygen atoms in total. The summed E-state index contributed by atoms with van der Waals surface area (Å²) in [6.07, 6.45) is 3.60. The molecular formula is C27H32ClN7O4S2. The molecule has 218 valence electrons. The Kier molecular flexibility index (Phi) is 7.24. The van der Waals surface area contributed by atoms with Gasteiger partial charge in [-0.25, -0.2) is 8.42 Å². The smallest absolute Gasteiger partial charge is 0.251 e. The quantitative estimate of drug-likeness (QED) is 0.388. The lowest BCUT2D eigenvalue weighted by molar-refractivity contribution is -0.160. The van der Waals surface area contributed by atoms with Crippen LogP contribution in [0.4, 0.5) is 0 Å². The fraction of sp³-hybridized carbons (Fsp3) is 0.593. The Balaban J connectivity index is 1.35. The molecule has 0 radical (unpaired) electrons. The van der Waals surface area contributed by atoms with Gasteiger partial charge >= 0.3 is 0 Å². The van der Waals surface area contributed by atoms with E-state index in [1.54, 1.807) is 18.3 Å². The highest BCUT2D eigenvalue weighted by atomic mass is 35.5. The second-order valence-electron chi connectivity index (χ2n) is 11.6. The highest BCUT2D eigenvalue weighted by Crippen LogP contribution is 2.54. The standard InChI is InChI=1S/C27H32ClN7O4S2/c1-17-13-30-10-8-26(17,22-15-33-34-40-22)27(9-11-32-27)24(37)35(25(16-29)6-7-25)23(36)20-12-18(14-31-20)41(38,39)21-5-3-2-4-19(21)28/h2-5,15,17-18,20,30-32H,6-14H2,1H3/t17?,18-,20+,26?,27?/m1/s1. The van der Waals surface area contributed by atoms with Crippen LogP contribution in [0, 0.1) is 17.2 Å². The summed E-state index contributed by atoms with van der Waals surface area (Å²) in [5, 5.41) is 23.4. The van der Waals surface area contributed by atoms with Crippen molar-refractivity contribution in [3.8, 4) is 6.07 Å². The number of sulfone groups is 1. The van der Waals surface area contributed by atoms with Gasteiger partial charge in [0.2, 0.25) is 5.91 Å². The lowest BCUT2D eigenvalue weighted by atomic mass is 9.54. The van der Waals surface area contributed by atoms with Crippen molar-refractivity contribution in [1.82, 2.24) is 30.4 Å². The minimum Gasteiger partial charge on any atom is -0.316 e. The van der Waals surface area contributed by atoms with Crippen molar-refractivity contribution in [1.29, 1.82) is 5.26 Å². The van der Waals surface area contributed by atoms with Crippen molar-refractivity contribution in [3.05, 3.63) is 40.4 Å². The molecule has 3 unspecified atom stereocenters. The number of carbonyl (C=O) groups is 2. The third-order valence-electron chi connectivity index (χ3n) is 9.60. The van der Waals surface area contributed by atoms with E-state index in [0.717, 1.165) is 4.88 Å². The Labute approximate surface area is 248 Å². The molecule has 1 saturated carbocycles. The molecule has 41 heavy (non-hydrogen) atoms. The maximum atomic E-state index is 14.9. The summed E-state index contributed by atoms with van der Waals surface area (Å²) in [6.45, 7) is 4.09. The first-order chi connectivity index (χ1) is 19.6. The maximum Gasteiger partial charge on any atom is 0.251 e. The molecule has 1 aliphatic carbocycles. The van der Waals surface area contributed by atoms with Gasteiger partial charge in [0, 0.05) is 12.0 Å². The van der Waals surface area contributed by atoms with Crippen LogP contribution in [0.25, 0.3) is 0 Å². The topological polar surface area (TPSA) is 157 Å². The van der Waals surface area contributed by atoms with Gasteiger partial charge in [-0.3, -0.25) is 14.5 Å². The van der Waals surface area contributed by atoms with Crippen LogP contribution in [0.5, 0.6) is 0 Å². The van der Waals surface area contributed by atoms with Crippen LogP contribution >= 0.6 is 23.1 Å². The van der Waals surface area contributed by atoms with Crippen molar-refractivity contribution in [2.24, 2.45) is 5.92 Å². The molecule has 3 aliphatic heterocycles. The third kappa shape index (κ3) is 4.25. The molecule has 1 aromatic heterocycles. The molecule has 1 aromatic carbocycles. The van der Waals surface area contributed by atoms with E-state index >= 15 is 0 Å². The minimum atomic E-state index is -3.84. The molecule has 3 N–H and O–H groups in total. The molecule has 6 rings (SSSR count). The van der Waals surface area contributed by atoms with Gasteiger partial charge in [-0.05, 0) is 81.3 Å². The number of imide groups is 1. The Morgan fingerprint density at radius 2 is 1.93 bits per heavy atom. The molecule has 0 spiro atoms. The number of nitrogens with zero attached hydrogens (tertiary/aromatic N) is 4. The number of carbonyl (C=O) groups excluding carboxylic acids is 2. The Hall–Kier alpha value is -2.47. The van der Waals surface area contributed by atoms with E-state index in [9.17, 15) is 23.3 Å². The largest absolute Gasteiger partial charge is 0.316 e. The van der Waals surface area contributed by atoms with E-state index in [4.69, 9.17) is 11.6 Å². The summed E-state index contributed by atoms with van der Waals surface area (Å²) in [7, 11) is -3.84. The van der Waals surface area contributed by atoms with Crippen molar-refractivity contribution < 1.29 is 18.0 Å². The van der Waals surface area contributed by atoms with E-state index in [2.05, 4.69) is 38.5 Å². The first kappa shape index (κ1) is 28.6. The highest BCUT2D eigenvalue weighted by Gasteiger charge is 2.68. The average Bonchev–Trinajstić information content (AvgIpc) is 3.31. The number of amides is 2. The molecule has 2 aromatic rings. The number of hydrogen-bond donors (Lipinski definition) is 3. The van der Waals surface area contributed by atoms with Crippen molar-refractivity contribution >= 4 is 44.8 Å². The van der Waals surface area contributed by atoms with Crippen LogP contribution in [0.2, 0.25) is 5.02 Å². The molecular weight excluding hydrogens is 586 g/mol. The van der Waals surface area contributed by atoms with E-state index in [-0.39, 0.29) is 28.8 Å². The normalized spacial score (nSPS) is 32.5. The van der Waals surface area contributed by atoms with Gasteiger partial charge in [-0.15, -0.1) is 5.10 Å². The van der Waals surface area contributed by atoms with Gasteiger partial charge in [-0.2, -0.15) is 5.26 Å². The van der Waals surface area contributed by atoms with Crippen LogP contribution in [-0.4, -0.2) is 83.3 Å². The number of rotatable bonds is 7. The minimum absolute atomic E-state index is 0.0131. The van der Waals surface area contributed by atoms with E-state index in [1.807, 2.05) is 0 Å². The monoisotopic (exact) mass is 617 g/mol.